The van der Waals surface area contributed by atoms with E-state index in [9.17, 15) is 9.90 Å². The Hall–Kier alpha value is -1.35. The van der Waals surface area contributed by atoms with E-state index in [-0.39, 0.29) is 11.8 Å². The van der Waals surface area contributed by atoms with Gasteiger partial charge in [0.2, 0.25) is 0 Å². The van der Waals surface area contributed by atoms with Gasteiger partial charge < -0.3 is 10.2 Å². The summed E-state index contributed by atoms with van der Waals surface area (Å²) in [5.74, 6) is -0.788. The summed E-state index contributed by atoms with van der Waals surface area (Å²) >= 11 is 0. The molecule has 0 spiro atoms. The van der Waals surface area contributed by atoms with Gasteiger partial charge in [0.1, 0.15) is 0 Å². The Labute approximate surface area is 114 Å². The van der Waals surface area contributed by atoms with E-state index in [1.54, 1.807) is 0 Å². The monoisotopic (exact) mass is 262 g/mol. The van der Waals surface area contributed by atoms with Crippen LogP contribution in [0.2, 0.25) is 0 Å². The molecule has 0 saturated heterocycles. The van der Waals surface area contributed by atoms with E-state index in [2.05, 4.69) is 0 Å². The van der Waals surface area contributed by atoms with Crippen LogP contribution in [-0.4, -0.2) is 16.2 Å². The number of carboxylic acid groups (broad SMARTS) is 1. The lowest BCUT2D eigenvalue weighted by Crippen LogP contribution is -2.35. The Bertz CT molecular complexity index is 440. The van der Waals surface area contributed by atoms with E-state index in [1.807, 2.05) is 38.1 Å². The first kappa shape index (κ1) is 14.1. The van der Waals surface area contributed by atoms with Crippen molar-refractivity contribution in [1.82, 2.24) is 0 Å². The van der Waals surface area contributed by atoms with Crippen LogP contribution in [0, 0.1) is 18.8 Å². The van der Waals surface area contributed by atoms with Gasteiger partial charge in [0, 0.05) is 0 Å². The molecular weight excluding hydrogens is 240 g/mol. The average molecular weight is 262 g/mol. The molecule has 3 nitrogen and oxygen atoms in total. The largest absolute Gasteiger partial charge is 0.481 e. The second kappa shape index (κ2) is 5.33. The molecule has 1 saturated carbocycles. The van der Waals surface area contributed by atoms with Crippen molar-refractivity contribution in [3.05, 3.63) is 35.4 Å². The van der Waals surface area contributed by atoms with E-state index in [0.717, 1.165) is 18.4 Å². The number of aryl methyl sites for hydroxylation is 1. The van der Waals surface area contributed by atoms with E-state index in [4.69, 9.17) is 5.11 Å². The van der Waals surface area contributed by atoms with Crippen LogP contribution >= 0.6 is 0 Å². The molecule has 3 heteroatoms. The van der Waals surface area contributed by atoms with Crippen molar-refractivity contribution in [3.8, 4) is 0 Å². The van der Waals surface area contributed by atoms with Gasteiger partial charge in [-0.15, -0.1) is 0 Å². The maximum absolute atomic E-state index is 11.0. The SMILES string of the molecule is Cc1ccc(C(C)(O)[C@H]2CC[C@H](C(=O)O)CC2)cc1. The molecule has 0 aromatic heterocycles. The van der Waals surface area contributed by atoms with E-state index >= 15 is 0 Å². The summed E-state index contributed by atoms with van der Waals surface area (Å²) in [6.07, 6.45) is 2.89. The highest BCUT2D eigenvalue weighted by molar-refractivity contribution is 5.70. The molecule has 0 heterocycles. The van der Waals surface area contributed by atoms with Gasteiger partial charge in [-0.05, 0) is 51.0 Å². The van der Waals surface area contributed by atoms with Crippen molar-refractivity contribution in [3.63, 3.8) is 0 Å². The standard InChI is InChI=1S/C16H22O3/c1-11-3-7-13(8-4-11)16(2,19)14-9-5-12(6-10-14)15(17)18/h3-4,7-8,12,14,19H,5-6,9-10H2,1-2H3,(H,17,18)/t12-,14-,16?. The Morgan fingerprint density at radius 3 is 2.16 bits per heavy atom. The second-order valence-electron chi connectivity index (χ2n) is 5.90. The number of benzene rings is 1. The molecule has 1 aliphatic carbocycles. The van der Waals surface area contributed by atoms with Crippen LogP contribution in [0.1, 0.15) is 43.7 Å². The fourth-order valence-electron chi connectivity index (χ4n) is 3.03. The third kappa shape index (κ3) is 2.98. The van der Waals surface area contributed by atoms with E-state index in [1.165, 1.54) is 5.56 Å². The molecule has 1 aromatic carbocycles. The topological polar surface area (TPSA) is 57.5 Å². The molecule has 2 rings (SSSR count). The van der Waals surface area contributed by atoms with Gasteiger partial charge in [-0.1, -0.05) is 29.8 Å². The number of carbonyl (C=O) groups is 1. The number of hydrogen-bond donors (Lipinski definition) is 2. The first-order valence-corrected chi connectivity index (χ1v) is 6.93. The van der Waals surface area contributed by atoms with Crippen molar-refractivity contribution < 1.29 is 15.0 Å². The number of aliphatic carboxylic acids is 1. The molecular formula is C16H22O3. The number of aliphatic hydroxyl groups is 1. The summed E-state index contributed by atoms with van der Waals surface area (Å²) in [6.45, 7) is 3.87. The molecule has 0 amide bonds. The van der Waals surface area contributed by atoms with E-state index in [0.29, 0.717) is 12.8 Å². The third-order valence-electron chi connectivity index (χ3n) is 4.51. The number of rotatable bonds is 3. The molecule has 1 aromatic rings. The summed E-state index contributed by atoms with van der Waals surface area (Å²) < 4.78 is 0. The summed E-state index contributed by atoms with van der Waals surface area (Å²) in [4.78, 5) is 11.0. The molecule has 0 radical (unpaired) electrons. The lowest BCUT2D eigenvalue weighted by molar-refractivity contribution is -0.144. The summed E-state index contributed by atoms with van der Waals surface area (Å²) in [7, 11) is 0. The fraction of sp³-hybridized carbons (Fsp3) is 0.562. The molecule has 0 aliphatic heterocycles. The van der Waals surface area contributed by atoms with Crippen LogP contribution in [0.25, 0.3) is 0 Å². The zero-order valence-electron chi connectivity index (χ0n) is 11.6. The van der Waals surface area contributed by atoms with Crippen molar-refractivity contribution in [2.75, 3.05) is 0 Å². The second-order valence-corrected chi connectivity index (χ2v) is 5.90. The zero-order chi connectivity index (χ0) is 14.0. The highest BCUT2D eigenvalue weighted by atomic mass is 16.4. The smallest absolute Gasteiger partial charge is 0.306 e. The van der Waals surface area contributed by atoms with Crippen LogP contribution in [0.5, 0.6) is 0 Å². The summed E-state index contributed by atoms with van der Waals surface area (Å²) in [6, 6.07) is 7.95. The Balaban J connectivity index is 2.09. The molecule has 1 fully saturated rings. The van der Waals surface area contributed by atoms with Gasteiger partial charge in [-0.2, -0.15) is 0 Å². The predicted octanol–water partition coefficient (Wildman–Crippen LogP) is 3.09. The predicted molar refractivity (Wildman–Crippen MR) is 73.8 cm³/mol. The van der Waals surface area contributed by atoms with Crippen LogP contribution in [-0.2, 0) is 10.4 Å². The maximum atomic E-state index is 11.0. The van der Waals surface area contributed by atoms with Crippen molar-refractivity contribution in [1.29, 1.82) is 0 Å². The molecule has 104 valence electrons. The Kier molecular flexibility index (Phi) is 3.95. The van der Waals surface area contributed by atoms with Crippen molar-refractivity contribution in [2.24, 2.45) is 11.8 Å². The van der Waals surface area contributed by atoms with Gasteiger partial charge in [-0.3, -0.25) is 4.79 Å². The van der Waals surface area contributed by atoms with Crippen LogP contribution < -0.4 is 0 Å². The van der Waals surface area contributed by atoms with Crippen LogP contribution in [0.15, 0.2) is 24.3 Å². The van der Waals surface area contributed by atoms with Gasteiger partial charge in [0.05, 0.1) is 11.5 Å². The molecule has 1 unspecified atom stereocenters. The van der Waals surface area contributed by atoms with Gasteiger partial charge in [0.15, 0.2) is 0 Å². The third-order valence-corrected chi connectivity index (χ3v) is 4.51. The fourth-order valence-corrected chi connectivity index (χ4v) is 3.03. The minimum atomic E-state index is -0.864. The van der Waals surface area contributed by atoms with Gasteiger partial charge in [-0.25, -0.2) is 0 Å². The summed E-state index contributed by atoms with van der Waals surface area (Å²) in [5.41, 5.74) is 1.24. The Morgan fingerprint density at radius 2 is 1.68 bits per heavy atom. The van der Waals surface area contributed by atoms with Gasteiger partial charge >= 0.3 is 5.97 Å². The normalized spacial score (nSPS) is 26.7. The molecule has 0 bridgehead atoms. The highest BCUT2D eigenvalue weighted by Gasteiger charge is 2.37. The summed E-state index contributed by atoms with van der Waals surface area (Å²) in [5, 5.41) is 19.8. The average Bonchev–Trinajstić information content (AvgIpc) is 2.39. The quantitative estimate of drug-likeness (QED) is 0.880. The molecule has 19 heavy (non-hydrogen) atoms. The van der Waals surface area contributed by atoms with Crippen LogP contribution in [0.4, 0.5) is 0 Å². The van der Waals surface area contributed by atoms with E-state index < -0.39 is 11.6 Å². The lowest BCUT2D eigenvalue weighted by Gasteiger charge is -2.37. The number of carboxylic acids is 1. The molecule has 2 N–H and O–H groups in total. The molecule has 1 atom stereocenters. The highest BCUT2D eigenvalue weighted by Crippen LogP contribution is 2.40. The molecule has 1 aliphatic rings. The Morgan fingerprint density at radius 1 is 1.16 bits per heavy atom. The minimum Gasteiger partial charge on any atom is -0.481 e. The van der Waals surface area contributed by atoms with Crippen molar-refractivity contribution in [2.45, 2.75) is 45.1 Å². The zero-order valence-corrected chi connectivity index (χ0v) is 11.6. The van der Waals surface area contributed by atoms with Crippen LogP contribution in [0.3, 0.4) is 0 Å². The number of hydrogen-bond acceptors (Lipinski definition) is 2. The van der Waals surface area contributed by atoms with Crippen molar-refractivity contribution >= 4 is 5.97 Å². The first-order valence-electron chi connectivity index (χ1n) is 6.93. The van der Waals surface area contributed by atoms with Gasteiger partial charge in [0.25, 0.3) is 0 Å². The minimum absolute atomic E-state index is 0.144. The lowest BCUT2D eigenvalue weighted by atomic mass is 9.71. The first-order chi connectivity index (χ1) is 8.91. The maximum Gasteiger partial charge on any atom is 0.306 e.